The van der Waals surface area contributed by atoms with Gasteiger partial charge >= 0.3 is 6.18 Å². The van der Waals surface area contributed by atoms with Gasteiger partial charge < -0.3 is 10.1 Å². The highest BCUT2D eigenvalue weighted by atomic mass is 19.4. The van der Waals surface area contributed by atoms with Crippen molar-refractivity contribution in [2.24, 2.45) is 0 Å². The molecule has 1 aliphatic rings. The minimum Gasteiger partial charge on any atom is -0.497 e. The van der Waals surface area contributed by atoms with Crippen LogP contribution in [0.25, 0.3) is 0 Å². The Hall–Kier alpha value is -1.23. The number of rotatable bonds is 5. The number of benzene rings is 1. The lowest BCUT2D eigenvalue weighted by Gasteiger charge is -2.20. The fourth-order valence-corrected chi connectivity index (χ4v) is 1.92. The van der Waals surface area contributed by atoms with Gasteiger partial charge in [0.15, 0.2) is 0 Å². The monoisotopic (exact) mass is 259 g/mol. The number of nitrogens with one attached hydrogen (secondary N) is 1. The summed E-state index contributed by atoms with van der Waals surface area (Å²) < 4.78 is 42.9. The first-order chi connectivity index (χ1) is 8.47. The molecule has 0 radical (unpaired) electrons. The van der Waals surface area contributed by atoms with Crippen molar-refractivity contribution in [2.45, 2.75) is 31.0 Å². The summed E-state index contributed by atoms with van der Waals surface area (Å²) in [6.07, 6.45) is -3.16. The van der Waals surface area contributed by atoms with E-state index in [1.165, 1.54) is 0 Å². The van der Waals surface area contributed by atoms with E-state index in [1.54, 1.807) is 7.11 Å². The largest absolute Gasteiger partial charge is 0.497 e. The Kier molecular flexibility index (Phi) is 3.52. The summed E-state index contributed by atoms with van der Waals surface area (Å²) in [6.45, 7) is 0.339. The topological polar surface area (TPSA) is 21.3 Å². The molecule has 0 aliphatic heterocycles. The van der Waals surface area contributed by atoms with Gasteiger partial charge in [-0.2, -0.15) is 13.2 Å². The SMILES string of the molecule is COc1ccc(CCNC2(C(F)(F)F)CC2)cc1. The summed E-state index contributed by atoms with van der Waals surface area (Å²) in [5, 5.41) is 2.63. The van der Waals surface area contributed by atoms with E-state index in [-0.39, 0.29) is 12.8 Å². The minimum absolute atomic E-state index is 0.194. The molecule has 1 aliphatic carbocycles. The van der Waals surface area contributed by atoms with Crippen molar-refractivity contribution < 1.29 is 17.9 Å². The van der Waals surface area contributed by atoms with Crippen molar-refractivity contribution in [3.05, 3.63) is 29.8 Å². The lowest BCUT2D eigenvalue weighted by atomic mass is 10.1. The van der Waals surface area contributed by atoms with Gasteiger partial charge in [0.1, 0.15) is 11.3 Å². The van der Waals surface area contributed by atoms with Crippen molar-refractivity contribution in [1.82, 2.24) is 5.32 Å². The normalized spacial score (nSPS) is 17.6. The number of alkyl halides is 3. The molecule has 2 nitrogen and oxygen atoms in total. The van der Waals surface area contributed by atoms with Gasteiger partial charge in [-0.3, -0.25) is 0 Å². The molecule has 5 heteroatoms. The summed E-state index contributed by atoms with van der Waals surface area (Å²) in [7, 11) is 1.58. The molecule has 0 heterocycles. The van der Waals surface area contributed by atoms with Crippen molar-refractivity contribution >= 4 is 0 Å². The predicted octanol–water partition coefficient (Wildman–Crippen LogP) is 2.92. The van der Waals surface area contributed by atoms with Gasteiger partial charge in [-0.05, 0) is 43.5 Å². The summed E-state index contributed by atoms with van der Waals surface area (Å²) in [6, 6.07) is 7.36. The summed E-state index contributed by atoms with van der Waals surface area (Å²) in [4.78, 5) is 0. The van der Waals surface area contributed by atoms with Gasteiger partial charge in [0.25, 0.3) is 0 Å². The van der Waals surface area contributed by atoms with Gasteiger partial charge in [0.2, 0.25) is 0 Å². The molecule has 18 heavy (non-hydrogen) atoms. The van der Waals surface area contributed by atoms with E-state index in [0.29, 0.717) is 13.0 Å². The average molecular weight is 259 g/mol. The third-order valence-electron chi connectivity index (χ3n) is 3.33. The maximum Gasteiger partial charge on any atom is 0.406 e. The first kappa shape index (κ1) is 13.2. The van der Waals surface area contributed by atoms with Crippen LogP contribution in [0.3, 0.4) is 0 Å². The maximum atomic E-state index is 12.6. The highest BCUT2D eigenvalue weighted by molar-refractivity contribution is 5.27. The van der Waals surface area contributed by atoms with Gasteiger partial charge in [-0.1, -0.05) is 12.1 Å². The van der Waals surface area contributed by atoms with Crippen LogP contribution < -0.4 is 10.1 Å². The molecule has 0 bridgehead atoms. The lowest BCUT2D eigenvalue weighted by Crippen LogP contribution is -2.45. The molecule has 0 amide bonds. The zero-order valence-corrected chi connectivity index (χ0v) is 10.2. The van der Waals surface area contributed by atoms with Crippen LogP contribution in [-0.2, 0) is 6.42 Å². The molecule has 1 N–H and O–H groups in total. The Bertz CT molecular complexity index is 396. The van der Waals surface area contributed by atoms with Crippen LogP contribution in [0.1, 0.15) is 18.4 Å². The summed E-state index contributed by atoms with van der Waals surface area (Å²) >= 11 is 0. The molecule has 2 rings (SSSR count). The van der Waals surface area contributed by atoms with Crippen LogP contribution >= 0.6 is 0 Å². The van der Waals surface area contributed by atoms with Crippen LogP contribution in [0, 0.1) is 0 Å². The molecule has 1 fully saturated rings. The molecule has 1 saturated carbocycles. The number of hydrogen-bond acceptors (Lipinski definition) is 2. The molecule has 1 aromatic rings. The lowest BCUT2D eigenvalue weighted by molar-refractivity contribution is -0.165. The Balaban J connectivity index is 1.82. The molecule has 100 valence electrons. The molecule has 0 aromatic heterocycles. The van der Waals surface area contributed by atoms with Gasteiger partial charge in [0.05, 0.1) is 7.11 Å². The van der Waals surface area contributed by atoms with E-state index in [2.05, 4.69) is 5.32 Å². The van der Waals surface area contributed by atoms with Crippen LogP contribution in [0.4, 0.5) is 13.2 Å². The fourth-order valence-electron chi connectivity index (χ4n) is 1.92. The van der Waals surface area contributed by atoms with E-state index in [4.69, 9.17) is 4.74 Å². The number of halogens is 3. The van der Waals surface area contributed by atoms with Crippen LogP contribution in [0.5, 0.6) is 5.75 Å². The molecular formula is C13H16F3NO. The van der Waals surface area contributed by atoms with E-state index in [0.717, 1.165) is 11.3 Å². The standard InChI is InChI=1S/C13H16F3NO/c1-18-11-4-2-10(3-5-11)6-9-17-12(7-8-12)13(14,15)16/h2-5,17H,6-9H2,1H3. The number of ether oxygens (including phenoxy) is 1. The zero-order chi connectivity index (χ0) is 13.2. The average Bonchev–Trinajstić information content (AvgIpc) is 3.10. The molecule has 0 unspecified atom stereocenters. The van der Waals surface area contributed by atoms with E-state index >= 15 is 0 Å². The third kappa shape index (κ3) is 2.77. The molecule has 1 aromatic carbocycles. The molecule has 0 atom stereocenters. The summed E-state index contributed by atoms with van der Waals surface area (Å²) in [5.41, 5.74) is -0.610. The number of hydrogen-bond donors (Lipinski definition) is 1. The molecule has 0 saturated heterocycles. The Morgan fingerprint density at radius 2 is 1.83 bits per heavy atom. The molecule has 0 spiro atoms. The predicted molar refractivity (Wildman–Crippen MR) is 62.7 cm³/mol. The second-order valence-electron chi connectivity index (χ2n) is 4.60. The third-order valence-corrected chi connectivity index (χ3v) is 3.33. The Morgan fingerprint density at radius 1 is 1.22 bits per heavy atom. The quantitative estimate of drug-likeness (QED) is 0.877. The van der Waals surface area contributed by atoms with Gasteiger partial charge in [-0.15, -0.1) is 0 Å². The second kappa shape index (κ2) is 4.80. The minimum atomic E-state index is -4.13. The zero-order valence-electron chi connectivity index (χ0n) is 10.2. The van der Waals surface area contributed by atoms with Gasteiger partial charge in [0, 0.05) is 0 Å². The Labute approximate surface area is 104 Å². The van der Waals surface area contributed by atoms with E-state index < -0.39 is 11.7 Å². The van der Waals surface area contributed by atoms with Crippen LogP contribution in [0.15, 0.2) is 24.3 Å². The Morgan fingerprint density at radius 3 is 2.28 bits per heavy atom. The van der Waals surface area contributed by atoms with Crippen LogP contribution in [-0.4, -0.2) is 25.4 Å². The van der Waals surface area contributed by atoms with E-state index in [9.17, 15) is 13.2 Å². The number of methoxy groups -OCH3 is 1. The van der Waals surface area contributed by atoms with Gasteiger partial charge in [-0.25, -0.2) is 0 Å². The summed E-state index contributed by atoms with van der Waals surface area (Å²) in [5.74, 6) is 0.751. The van der Waals surface area contributed by atoms with Crippen molar-refractivity contribution in [2.75, 3.05) is 13.7 Å². The maximum absolute atomic E-state index is 12.6. The highest BCUT2D eigenvalue weighted by Crippen LogP contribution is 2.48. The van der Waals surface area contributed by atoms with Crippen LogP contribution in [0.2, 0.25) is 0 Å². The van der Waals surface area contributed by atoms with E-state index in [1.807, 2.05) is 24.3 Å². The first-order valence-electron chi connectivity index (χ1n) is 5.91. The smallest absolute Gasteiger partial charge is 0.406 e. The fraction of sp³-hybridized carbons (Fsp3) is 0.538. The van der Waals surface area contributed by atoms with Crippen molar-refractivity contribution in [3.63, 3.8) is 0 Å². The second-order valence-corrected chi connectivity index (χ2v) is 4.60. The van der Waals surface area contributed by atoms with Crippen molar-refractivity contribution in [3.8, 4) is 5.75 Å². The first-order valence-corrected chi connectivity index (χ1v) is 5.91. The molecular weight excluding hydrogens is 243 g/mol. The highest BCUT2D eigenvalue weighted by Gasteiger charge is 2.62. The van der Waals surface area contributed by atoms with Crippen molar-refractivity contribution in [1.29, 1.82) is 0 Å².